The topological polar surface area (TPSA) is 64.4 Å². The first-order valence-corrected chi connectivity index (χ1v) is 7.42. The Bertz CT molecular complexity index is 603. The molecule has 120 valence electrons. The summed E-state index contributed by atoms with van der Waals surface area (Å²) in [6.07, 6.45) is 1.98. The molecule has 1 atom stereocenters. The number of nitro benzene ring substituents is 1. The molecule has 1 aliphatic heterocycles. The number of nitro groups is 1. The van der Waals surface area contributed by atoms with Gasteiger partial charge in [-0.05, 0) is 49.9 Å². The Hall–Kier alpha value is -1.76. The van der Waals surface area contributed by atoms with E-state index < -0.39 is 16.8 Å². The molecule has 1 aromatic carbocycles. The maximum absolute atomic E-state index is 14.2. The van der Waals surface area contributed by atoms with Gasteiger partial charge in [0.1, 0.15) is 0 Å². The van der Waals surface area contributed by atoms with E-state index >= 15 is 0 Å². The van der Waals surface area contributed by atoms with Crippen molar-refractivity contribution in [1.82, 2.24) is 5.32 Å². The van der Waals surface area contributed by atoms with E-state index in [-0.39, 0.29) is 24.1 Å². The fourth-order valence-corrected chi connectivity index (χ4v) is 2.89. The molecule has 1 N–H and O–H groups in total. The van der Waals surface area contributed by atoms with Gasteiger partial charge < -0.3 is 10.1 Å². The van der Waals surface area contributed by atoms with Crippen molar-refractivity contribution in [2.45, 2.75) is 44.1 Å². The van der Waals surface area contributed by atoms with E-state index in [0.717, 1.165) is 12.8 Å². The zero-order valence-electron chi connectivity index (χ0n) is 12.3. The van der Waals surface area contributed by atoms with Crippen molar-refractivity contribution in [2.24, 2.45) is 0 Å². The molecule has 1 saturated carbocycles. The van der Waals surface area contributed by atoms with Crippen LogP contribution in [0.1, 0.15) is 36.3 Å². The van der Waals surface area contributed by atoms with Crippen LogP contribution in [-0.2, 0) is 0 Å². The standard InChI is InChI=1S/C15H18F2N2O3/c1-9-6-13(19(20)21)14(22-10-2-3-10)7-11(9)12-4-5-18-8-15(12,16)17/h6-7,10,12,18H,2-5,8H2,1H3. The summed E-state index contributed by atoms with van der Waals surface area (Å²) in [4.78, 5) is 10.6. The van der Waals surface area contributed by atoms with Crippen LogP contribution in [0.5, 0.6) is 5.75 Å². The Morgan fingerprint density at radius 2 is 2.09 bits per heavy atom. The van der Waals surface area contributed by atoms with Gasteiger partial charge in [0, 0.05) is 6.07 Å². The molecule has 22 heavy (non-hydrogen) atoms. The number of halogens is 2. The van der Waals surface area contributed by atoms with Crippen molar-refractivity contribution in [2.75, 3.05) is 13.1 Å². The fraction of sp³-hybridized carbons (Fsp3) is 0.600. The molecule has 0 radical (unpaired) electrons. The van der Waals surface area contributed by atoms with Gasteiger partial charge in [0.15, 0.2) is 5.75 Å². The normalized spacial score (nSPS) is 24.0. The van der Waals surface area contributed by atoms with Crippen LogP contribution in [0.15, 0.2) is 12.1 Å². The molecule has 1 aromatic rings. The van der Waals surface area contributed by atoms with Gasteiger partial charge in [-0.25, -0.2) is 8.78 Å². The molecule has 0 spiro atoms. The van der Waals surface area contributed by atoms with Crippen molar-refractivity contribution in [3.8, 4) is 5.75 Å². The van der Waals surface area contributed by atoms with Crippen LogP contribution in [0.25, 0.3) is 0 Å². The maximum Gasteiger partial charge on any atom is 0.311 e. The van der Waals surface area contributed by atoms with E-state index in [4.69, 9.17) is 4.74 Å². The van der Waals surface area contributed by atoms with Gasteiger partial charge in [-0.2, -0.15) is 0 Å². The molecule has 1 heterocycles. The Balaban J connectivity index is 2.01. The van der Waals surface area contributed by atoms with Crippen LogP contribution in [0.2, 0.25) is 0 Å². The first kappa shape index (κ1) is 15.1. The monoisotopic (exact) mass is 312 g/mol. The average molecular weight is 312 g/mol. The SMILES string of the molecule is Cc1cc([N+](=O)[O-])c(OC2CC2)cc1C1CCNCC1(F)F. The summed E-state index contributed by atoms with van der Waals surface area (Å²) in [6, 6.07) is 2.81. The zero-order chi connectivity index (χ0) is 15.9. The molecular weight excluding hydrogens is 294 g/mol. The summed E-state index contributed by atoms with van der Waals surface area (Å²) < 4.78 is 33.9. The molecule has 5 nitrogen and oxygen atoms in total. The summed E-state index contributed by atoms with van der Waals surface area (Å²) in [5.74, 6) is -3.69. The molecule has 0 bridgehead atoms. The number of piperidine rings is 1. The van der Waals surface area contributed by atoms with Gasteiger partial charge in [0.2, 0.25) is 0 Å². The fourth-order valence-electron chi connectivity index (χ4n) is 2.89. The Labute approximate surface area is 126 Å². The lowest BCUT2D eigenvalue weighted by Crippen LogP contribution is -2.44. The number of hydrogen-bond acceptors (Lipinski definition) is 4. The van der Waals surface area contributed by atoms with Gasteiger partial charge >= 0.3 is 5.69 Å². The van der Waals surface area contributed by atoms with Gasteiger partial charge in [-0.3, -0.25) is 10.1 Å². The number of alkyl halides is 2. The molecule has 1 unspecified atom stereocenters. The molecular formula is C15H18F2N2O3. The third-order valence-corrected chi connectivity index (χ3v) is 4.22. The number of benzene rings is 1. The van der Waals surface area contributed by atoms with Crippen molar-refractivity contribution >= 4 is 5.69 Å². The van der Waals surface area contributed by atoms with Crippen LogP contribution < -0.4 is 10.1 Å². The van der Waals surface area contributed by atoms with Crippen molar-refractivity contribution in [3.05, 3.63) is 33.4 Å². The second-order valence-electron chi connectivity index (χ2n) is 6.03. The number of hydrogen-bond donors (Lipinski definition) is 1. The highest BCUT2D eigenvalue weighted by atomic mass is 19.3. The van der Waals surface area contributed by atoms with E-state index in [2.05, 4.69) is 5.32 Å². The summed E-state index contributed by atoms with van der Waals surface area (Å²) in [6.45, 7) is 1.78. The summed E-state index contributed by atoms with van der Waals surface area (Å²) >= 11 is 0. The summed E-state index contributed by atoms with van der Waals surface area (Å²) in [5, 5.41) is 13.8. The molecule has 0 aromatic heterocycles. The van der Waals surface area contributed by atoms with Crippen LogP contribution in [0.4, 0.5) is 14.5 Å². The van der Waals surface area contributed by atoms with Gasteiger partial charge in [0.25, 0.3) is 5.92 Å². The molecule has 1 saturated heterocycles. The highest BCUT2D eigenvalue weighted by Gasteiger charge is 2.43. The van der Waals surface area contributed by atoms with Gasteiger partial charge in [0.05, 0.1) is 23.5 Å². The number of nitrogens with one attached hydrogen (secondary N) is 1. The maximum atomic E-state index is 14.2. The minimum absolute atomic E-state index is 0.0252. The molecule has 3 rings (SSSR count). The second kappa shape index (κ2) is 5.46. The van der Waals surface area contributed by atoms with Crippen molar-refractivity contribution in [1.29, 1.82) is 0 Å². The average Bonchev–Trinajstić information content (AvgIpc) is 3.24. The van der Waals surface area contributed by atoms with E-state index in [1.54, 1.807) is 6.92 Å². The predicted molar refractivity (Wildman–Crippen MR) is 76.7 cm³/mol. The van der Waals surface area contributed by atoms with E-state index in [9.17, 15) is 18.9 Å². The van der Waals surface area contributed by atoms with Crippen molar-refractivity contribution < 1.29 is 18.4 Å². The van der Waals surface area contributed by atoms with Gasteiger partial charge in [-0.15, -0.1) is 0 Å². The smallest absolute Gasteiger partial charge is 0.311 e. The second-order valence-corrected chi connectivity index (χ2v) is 6.03. The Morgan fingerprint density at radius 1 is 1.36 bits per heavy atom. The predicted octanol–water partition coefficient (Wildman–Crippen LogP) is 3.16. The van der Waals surface area contributed by atoms with Crippen LogP contribution >= 0.6 is 0 Å². The molecule has 2 fully saturated rings. The minimum atomic E-state index is -2.87. The lowest BCUT2D eigenvalue weighted by Gasteiger charge is -2.33. The number of aryl methyl sites for hydroxylation is 1. The minimum Gasteiger partial charge on any atom is -0.483 e. The van der Waals surface area contributed by atoms with Crippen molar-refractivity contribution in [3.63, 3.8) is 0 Å². The summed E-state index contributed by atoms with van der Waals surface area (Å²) in [7, 11) is 0. The van der Waals surface area contributed by atoms with Gasteiger partial charge in [-0.1, -0.05) is 0 Å². The first-order chi connectivity index (χ1) is 10.4. The molecule has 1 aliphatic carbocycles. The number of nitrogens with zero attached hydrogens (tertiary/aromatic N) is 1. The van der Waals surface area contributed by atoms with Crippen LogP contribution in [0, 0.1) is 17.0 Å². The third kappa shape index (κ3) is 2.90. The molecule has 2 aliphatic rings. The zero-order valence-corrected chi connectivity index (χ0v) is 12.3. The largest absolute Gasteiger partial charge is 0.483 e. The first-order valence-electron chi connectivity index (χ1n) is 7.42. The van der Waals surface area contributed by atoms with Crippen LogP contribution in [-0.4, -0.2) is 30.0 Å². The Kier molecular flexibility index (Phi) is 3.76. The number of ether oxygens (including phenoxy) is 1. The van der Waals surface area contributed by atoms with Crippen LogP contribution in [0.3, 0.4) is 0 Å². The summed E-state index contributed by atoms with van der Waals surface area (Å²) in [5.41, 5.74) is 0.819. The van der Waals surface area contributed by atoms with E-state index in [0.29, 0.717) is 24.1 Å². The highest BCUT2D eigenvalue weighted by Crippen LogP contribution is 2.43. The lowest BCUT2D eigenvalue weighted by atomic mass is 9.84. The highest BCUT2D eigenvalue weighted by molar-refractivity contribution is 5.53. The van der Waals surface area contributed by atoms with E-state index in [1.807, 2.05) is 0 Å². The lowest BCUT2D eigenvalue weighted by molar-refractivity contribution is -0.386. The quantitative estimate of drug-likeness (QED) is 0.685. The number of rotatable bonds is 4. The molecule has 7 heteroatoms. The molecule has 0 amide bonds. The Morgan fingerprint density at radius 3 is 2.68 bits per heavy atom. The van der Waals surface area contributed by atoms with E-state index in [1.165, 1.54) is 12.1 Å². The third-order valence-electron chi connectivity index (χ3n) is 4.22.